The minimum atomic E-state index is -0.143. The molecule has 1 aliphatic carbocycles. The molecule has 0 radical (unpaired) electrons. The van der Waals surface area contributed by atoms with Crippen molar-refractivity contribution in [1.29, 1.82) is 0 Å². The minimum Gasteiger partial charge on any atom is -0.351 e. The van der Waals surface area contributed by atoms with E-state index in [4.69, 9.17) is 0 Å². The van der Waals surface area contributed by atoms with Gasteiger partial charge in [-0.25, -0.2) is 5.43 Å². The van der Waals surface area contributed by atoms with Crippen molar-refractivity contribution in [3.8, 4) is 0 Å². The van der Waals surface area contributed by atoms with Crippen molar-refractivity contribution in [2.45, 2.75) is 38.5 Å². The van der Waals surface area contributed by atoms with Crippen LogP contribution in [-0.4, -0.2) is 24.1 Å². The molecule has 16 heavy (non-hydrogen) atoms. The largest absolute Gasteiger partial charge is 0.351 e. The first-order valence-electron chi connectivity index (χ1n) is 5.89. The SMILES string of the molecule is O=C1CCC(C(=O)NCCCC2CC2)=NN1. The summed E-state index contributed by atoms with van der Waals surface area (Å²) in [5, 5.41) is 6.57. The van der Waals surface area contributed by atoms with E-state index < -0.39 is 0 Å². The van der Waals surface area contributed by atoms with Crippen LogP contribution >= 0.6 is 0 Å². The summed E-state index contributed by atoms with van der Waals surface area (Å²) in [4.78, 5) is 22.4. The maximum atomic E-state index is 11.6. The van der Waals surface area contributed by atoms with Gasteiger partial charge in [0.2, 0.25) is 5.91 Å². The van der Waals surface area contributed by atoms with Crippen molar-refractivity contribution in [1.82, 2.24) is 10.7 Å². The monoisotopic (exact) mass is 223 g/mol. The highest BCUT2D eigenvalue weighted by molar-refractivity contribution is 6.39. The van der Waals surface area contributed by atoms with E-state index in [1.165, 1.54) is 19.3 Å². The maximum Gasteiger partial charge on any atom is 0.267 e. The molecule has 88 valence electrons. The Bertz CT molecular complexity index is 321. The topological polar surface area (TPSA) is 70.6 Å². The molecule has 2 N–H and O–H groups in total. The molecule has 0 unspecified atom stereocenters. The van der Waals surface area contributed by atoms with Crippen LogP contribution in [0.2, 0.25) is 0 Å². The van der Waals surface area contributed by atoms with Gasteiger partial charge < -0.3 is 5.32 Å². The molecule has 0 aromatic rings. The Balaban J connectivity index is 1.64. The van der Waals surface area contributed by atoms with E-state index >= 15 is 0 Å². The second-order valence-corrected chi connectivity index (χ2v) is 4.43. The Kier molecular flexibility index (Phi) is 3.54. The number of nitrogens with zero attached hydrogens (tertiary/aromatic N) is 1. The lowest BCUT2D eigenvalue weighted by Crippen LogP contribution is -2.37. The second kappa shape index (κ2) is 5.09. The fourth-order valence-electron chi connectivity index (χ4n) is 1.74. The molecule has 5 heteroatoms. The van der Waals surface area contributed by atoms with E-state index in [-0.39, 0.29) is 11.8 Å². The Labute approximate surface area is 94.7 Å². The second-order valence-electron chi connectivity index (χ2n) is 4.43. The van der Waals surface area contributed by atoms with Crippen molar-refractivity contribution in [3.05, 3.63) is 0 Å². The van der Waals surface area contributed by atoms with Crippen LogP contribution in [0, 0.1) is 5.92 Å². The van der Waals surface area contributed by atoms with Gasteiger partial charge in [0.05, 0.1) is 0 Å². The molecule has 2 rings (SSSR count). The van der Waals surface area contributed by atoms with Crippen molar-refractivity contribution in [2.75, 3.05) is 6.54 Å². The zero-order valence-electron chi connectivity index (χ0n) is 9.29. The summed E-state index contributed by atoms with van der Waals surface area (Å²) in [6, 6.07) is 0. The van der Waals surface area contributed by atoms with Crippen molar-refractivity contribution >= 4 is 17.5 Å². The summed E-state index contributed by atoms with van der Waals surface area (Å²) >= 11 is 0. The van der Waals surface area contributed by atoms with Crippen LogP contribution in [0.5, 0.6) is 0 Å². The van der Waals surface area contributed by atoms with Crippen LogP contribution < -0.4 is 10.7 Å². The zero-order chi connectivity index (χ0) is 11.4. The van der Waals surface area contributed by atoms with Gasteiger partial charge in [0.15, 0.2) is 0 Å². The van der Waals surface area contributed by atoms with Crippen molar-refractivity contribution < 1.29 is 9.59 Å². The van der Waals surface area contributed by atoms with Crippen LogP contribution in [0.4, 0.5) is 0 Å². The zero-order valence-corrected chi connectivity index (χ0v) is 9.29. The standard InChI is InChI=1S/C11H17N3O2/c15-10-6-5-9(13-14-10)11(16)12-7-1-2-8-3-4-8/h8H,1-7H2,(H,12,16)(H,14,15). The van der Waals surface area contributed by atoms with Gasteiger partial charge in [-0.2, -0.15) is 5.10 Å². The number of nitrogens with one attached hydrogen (secondary N) is 2. The summed E-state index contributed by atoms with van der Waals surface area (Å²) in [5.74, 6) is 0.643. The van der Waals surface area contributed by atoms with Gasteiger partial charge in [-0.1, -0.05) is 12.8 Å². The Morgan fingerprint density at radius 1 is 1.44 bits per heavy atom. The number of hydrazone groups is 1. The first kappa shape index (κ1) is 11.1. The number of hydrogen-bond acceptors (Lipinski definition) is 3. The summed E-state index contributed by atoms with van der Waals surface area (Å²) in [6.07, 6.45) is 5.76. The molecule has 2 aliphatic rings. The number of hydrogen-bond donors (Lipinski definition) is 2. The molecule has 1 heterocycles. The lowest BCUT2D eigenvalue weighted by molar-refractivity contribution is -0.121. The average Bonchev–Trinajstić information content (AvgIpc) is 3.09. The molecular formula is C11H17N3O2. The van der Waals surface area contributed by atoms with Gasteiger partial charge >= 0.3 is 0 Å². The van der Waals surface area contributed by atoms with Gasteiger partial charge in [-0.15, -0.1) is 0 Å². The quantitative estimate of drug-likeness (QED) is 0.668. The van der Waals surface area contributed by atoms with Crippen LogP contribution in [0.3, 0.4) is 0 Å². The Hall–Kier alpha value is -1.39. The minimum absolute atomic E-state index is 0.120. The van der Waals surface area contributed by atoms with E-state index in [1.807, 2.05) is 0 Å². The first-order valence-corrected chi connectivity index (χ1v) is 5.89. The van der Waals surface area contributed by atoms with Gasteiger partial charge in [0.1, 0.15) is 5.71 Å². The van der Waals surface area contributed by atoms with Crippen LogP contribution in [0.15, 0.2) is 5.10 Å². The average molecular weight is 223 g/mol. The van der Waals surface area contributed by atoms with Gasteiger partial charge in [-0.05, 0) is 18.8 Å². The fourth-order valence-corrected chi connectivity index (χ4v) is 1.74. The third kappa shape index (κ3) is 3.32. The summed E-state index contributed by atoms with van der Waals surface area (Å²) in [6.45, 7) is 0.711. The summed E-state index contributed by atoms with van der Waals surface area (Å²) < 4.78 is 0. The molecule has 0 aromatic carbocycles. The third-order valence-corrected chi connectivity index (χ3v) is 2.94. The highest BCUT2D eigenvalue weighted by atomic mass is 16.2. The molecule has 0 aromatic heterocycles. The highest BCUT2D eigenvalue weighted by Gasteiger charge is 2.21. The predicted octanol–water partition coefficient (Wildman–Crippen LogP) is 0.559. The van der Waals surface area contributed by atoms with E-state index in [0.717, 1.165) is 12.3 Å². The fraction of sp³-hybridized carbons (Fsp3) is 0.727. The van der Waals surface area contributed by atoms with Gasteiger partial charge in [0, 0.05) is 19.4 Å². The number of amides is 2. The van der Waals surface area contributed by atoms with E-state index in [0.29, 0.717) is 25.1 Å². The molecule has 0 saturated heterocycles. The first-order chi connectivity index (χ1) is 7.75. The predicted molar refractivity (Wildman–Crippen MR) is 59.8 cm³/mol. The number of carbonyl (C=O) groups excluding carboxylic acids is 2. The molecule has 2 amide bonds. The van der Waals surface area contributed by atoms with Crippen LogP contribution in [-0.2, 0) is 9.59 Å². The van der Waals surface area contributed by atoms with Gasteiger partial charge in [-0.3, -0.25) is 9.59 Å². The molecule has 0 bridgehead atoms. The molecule has 5 nitrogen and oxygen atoms in total. The highest BCUT2D eigenvalue weighted by Crippen LogP contribution is 2.33. The number of carbonyl (C=O) groups is 2. The van der Waals surface area contributed by atoms with Crippen LogP contribution in [0.25, 0.3) is 0 Å². The van der Waals surface area contributed by atoms with Crippen molar-refractivity contribution in [3.63, 3.8) is 0 Å². The summed E-state index contributed by atoms with van der Waals surface area (Å²) in [7, 11) is 0. The number of rotatable bonds is 5. The molecule has 1 aliphatic heterocycles. The summed E-state index contributed by atoms with van der Waals surface area (Å²) in [5.41, 5.74) is 2.76. The third-order valence-electron chi connectivity index (χ3n) is 2.94. The lowest BCUT2D eigenvalue weighted by Gasteiger charge is -2.11. The molecule has 1 fully saturated rings. The van der Waals surface area contributed by atoms with Crippen molar-refractivity contribution in [2.24, 2.45) is 11.0 Å². The van der Waals surface area contributed by atoms with Gasteiger partial charge in [0.25, 0.3) is 5.91 Å². The van der Waals surface area contributed by atoms with E-state index in [2.05, 4.69) is 15.8 Å². The molecule has 1 saturated carbocycles. The van der Waals surface area contributed by atoms with Crippen LogP contribution in [0.1, 0.15) is 38.5 Å². The smallest absolute Gasteiger partial charge is 0.267 e. The van der Waals surface area contributed by atoms with E-state index in [1.54, 1.807) is 0 Å². The normalized spacial score (nSPS) is 20.0. The Morgan fingerprint density at radius 2 is 2.25 bits per heavy atom. The maximum absolute atomic E-state index is 11.6. The Morgan fingerprint density at radius 3 is 2.88 bits per heavy atom. The molecule has 0 atom stereocenters. The van der Waals surface area contributed by atoms with E-state index in [9.17, 15) is 9.59 Å². The molecular weight excluding hydrogens is 206 g/mol. The lowest BCUT2D eigenvalue weighted by atomic mass is 10.1. The molecule has 0 spiro atoms.